The molecular weight excluding hydrogens is 240 g/mol. The molecule has 1 aliphatic heterocycles. The van der Waals surface area contributed by atoms with E-state index >= 15 is 0 Å². The fourth-order valence-corrected chi connectivity index (χ4v) is 3.02. The molecule has 0 atom stereocenters. The van der Waals surface area contributed by atoms with Crippen molar-refractivity contribution in [3.8, 4) is 0 Å². The molecular formula is C11H22N2O3S. The first-order valence-electron chi connectivity index (χ1n) is 6.15. The smallest absolute Gasteiger partial charge is 0.219 e. The van der Waals surface area contributed by atoms with Gasteiger partial charge in [0, 0.05) is 26.1 Å². The molecule has 0 saturated carbocycles. The molecule has 0 radical (unpaired) electrons. The van der Waals surface area contributed by atoms with Gasteiger partial charge in [0.05, 0.1) is 6.26 Å². The maximum atomic E-state index is 11.3. The van der Waals surface area contributed by atoms with E-state index in [1.54, 1.807) is 0 Å². The van der Waals surface area contributed by atoms with Crippen LogP contribution < -0.4 is 5.32 Å². The predicted octanol–water partition coefficient (Wildman–Crippen LogP) is 0.574. The zero-order valence-electron chi connectivity index (χ0n) is 10.6. The van der Waals surface area contributed by atoms with Gasteiger partial charge in [0.2, 0.25) is 15.9 Å². The van der Waals surface area contributed by atoms with Crippen molar-refractivity contribution in [3.63, 3.8) is 0 Å². The van der Waals surface area contributed by atoms with E-state index in [1.165, 1.54) is 10.6 Å². The minimum atomic E-state index is -3.04. The Morgan fingerprint density at radius 2 is 1.94 bits per heavy atom. The second-order valence-corrected chi connectivity index (χ2v) is 6.58. The van der Waals surface area contributed by atoms with Crippen LogP contribution in [0.5, 0.6) is 0 Å². The molecule has 1 amide bonds. The normalized spacial score (nSPS) is 19.2. The topological polar surface area (TPSA) is 66.5 Å². The maximum absolute atomic E-state index is 11.3. The summed E-state index contributed by atoms with van der Waals surface area (Å²) < 4.78 is 24.1. The quantitative estimate of drug-likeness (QED) is 0.788. The summed E-state index contributed by atoms with van der Waals surface area (Å²) in [5, 5.41) is 2.77. The zero-order chi connectivity index (χ0) is 12.9. The Morgan fingerprint density at radius 1 is 1.35 bits per heavy atom. The molecule has 6 heteroatoms. The van der Waals surface area contributed by atoms with Crippen LogP contribution in [0.3, 0.4) is 0 Å². The third kappa shape index (κ3) is 5.04. The van der Waals surface area contributed by atoms with Crippen LogP contribution >= 0.6 is 0 Å². The van der Waals surface area contributed by atoms with E-state index in [4.69, 9.17) is 0 Å². The number of amides is 1. The van der Waals surface area contributed by atoms with E-state index in [9.17, 15) is 13.2 Å². The van der Waals surface area contributed by atoms with Gasteiger partial charge in [-0.2, -0.15) is 0 Å². The van der Waals surface area contributed by atoms with Crippen molar-refractivity contribution in [3.05, 3.63) is 0 Å². The number of hydrogen-bond acceptors (Lipinski definition) is 3. The fraction of sp³-hybridized carbons (Fsp3) is 0.909. The van der Waals surface area contributed by atoms with Crippen LogP contribution in [0.25, 0.3) is 0 Å². The van der Waals surface area contributed by atoms with Gasteiger partial charge < -0.3 is 5.32 Å². The van der Waals surface area contributed by atoms with Gasteiger partial charge in [-0.1, -0.05) is 0 Å². The third-order valence-electron chi connectivity index (χ3n) is 3.20. The van der Waals surface area contributed by atoms with Gasteiger partial charge in [-0.25, -0.2) is 12.7 Å². The number of hydrogen-bond donors (Lipinski definition) is 1. The number of rotatable bonds is 5. The lowest BCUT2D eigenvalue weighted by molar-refractivity contribution is -0.121. The largest absolute Gasteiger partial charge is 0.356 e. The third-order valence-corrected chi connectivity index (χ3v) is 4.50. The number of sulfonamides is 1. The average Bonchev–Trinajstić information content (AvgIpc) is 2.26. The first kappa shape index (κ1) is 14.4. The predicted molar refractivity (Wildman–Crippen MR) is 67.1 cm³/mol. The Morgan fingerprint density at radius 3 is 2.41 bits per heavy atom. The Balaban J connectivity index is 2.26. The summed E-state index contributed by atoms with van der Waals surface area (Å²) in [5.74, 6) is 0.577. The van der Waals surface area contributed by atoms with Gasteiger partial charge in [0.15, 0.2) is 0 Å². The summed E-state index contributed by atoms with van der Waals surface area (Å²) in [6, 6.07) is 0. The number of piperidine rings is 1. The van der Waals surface area contributed by atoms with Gasteiger partial charge in [-0.3, -0.25) is 4.79 Å². The second-order valence-electron chi connectivity index (χ2n) is 4.60. The molecule has 1 rings (SSSR count). The molecule has 5 nitrogen and oxygen atoms in total. The first-order chi connectivity index (χ1) is 7.93. The molecule has 0 aliphatic carbocycles. The first-order valence-corrected chi connectivity index (χ1v) is 8.00. The van der Waals surface area contributed by atoms with Crippen LogP contribution in [0, 0.1) is 5.92 Å². The van der Waals surface area contributed by atoms with Crippen molar-refractivity contribution >= 4 is 15.9 Å². The molecule has 1 aliphatic rings. The Bertz CT molecular complexity index is 346. The highest BCUT2D eigenvalue weighted by atomic mass is 32.2. The number of carbonyl (C=O) groups excluding carboxylic acids is 1. The Hall–Kier alpha value is -0.620. The minimum absolute atomic E-state index is 0.0954. The molecule has 0 bridgehead atoms. The van der Waals surface area contributed by atoms with Crippen molar-refractivity contribution in [2.45, 2.75) is 32.6 Å². The highest BCUT2D eigenvalue weighted by Crippen LogP contribution is 2.23. The van der Waals surface area contributed by atoms with E-state index in [0.29, 0.717) is 32.0 Å². The van der Waals surface area contributed by atoms with Crippen LogP contribution in [-0.2, 0) is 14.8 Å². The van der Waals surface area contributed by atoms with Crippen molar-refractivity contribution in [1.29, 1.82) is 0 Å². The van der Waals surface area contributed by atoms with Gasteiger partial charge in [0.25, 0.3) is 0 Å². The van der Waals surface area contributed by atoms with Crippen LogP contribution in [0.4, 0.5) is 0 Å². The summed E-state index contributed by atoms with van der Waals surface area (Å²) in [5.41, 5.74) is 0. The van der Waals surface area contributed by atoms with Crippen molar-refractivity contribution in [2.24, 2.45) is 5.92 Å². The van der Waals surface area contributed by atoms with Crippen LogP contribution in [0.2, 0.25) is 0 Å². The van der Waals surface area contributed by atoms with E-state index in [1.807, 2.05) is 6.92 Å². The van der Waals surface area contributed by atoms with E-state index in [2.05, 4.69) is 5.32 Å². The summed E-state index contributed by atoms with van der Waals surface area (Å²) >= 11 is 0. The molecule has 100 valence electrons. The van der Waals surface area contributed by atoms with Crippen LogP contribution in [0.15, 0.2) is 0 Å². The van der Waals surface area contributed by atoms with E-state index in [-0.39, 0.29) is 5.91 Å². The molecule has 0 aromatic rings. The molecule has 0 aromatic heterocycles. The van der Waals surface area contributed by atoms with Gasteiger partial charge in [-0.05, 0) is 32.1 Å². The van der Waals surface area contributed by atoms with E-state index < -0.39 is 10.0 Å². The number of nitrogens with one attached hydrogen (secondary N) is 1. The Labute approximate surface area is 104 Å². The van der Waals surface area contributed by atoms with Crippen LogP contribution in [-0.4, -0.2) is 44.5 Å². The highest BCUT2D eigenvalue weighted by molar-refractivity contribution is 7.88. The SMILES string of the molecule is CCNC(=O)CCC1CCN(S(C)(=O)=O)CC1. The molecule has 1 N–H and O–H groups in total. The second kappa shape index (κ2) is 6.35. The molecule has 0 spiro atoms. The summed E-state index contributed by atoms with van der Waals surface area (Å²) in [4.78, 5) is 11.3. The molecule has 0 aromatic carbocycles. The average molecular weight is 262 g/mol. The maximum Gasteiger partial charge on any atom is 0.219 e. The standard InChI is InChI=1S/C11H22N2O3S/c1-3-12-11(14)5-4-10-6-8-13(9-7-10)17(2,15)16/h10H,3-9H2,1-2H3,(H,12,14). The molecule has 1 fully saturated rings. The monoisotopic (exact) mass is 262 g/mol. The summed E-state index contributed by atoms with van der Waals surface area (Å²) in [6.07, 6.45) is 4.40. The highest BCUT2D eigenvalue weighted by Gasteiger charge is 2.24. The van der Waals surface area contributed by atoms with Gasteiger partial charge >= 0.3 is 0 Å². The van der Waals surface area contributed by atoms with Crippen molar-refractivity contribution in [2.75, 3.05) is 25.9 Å². The number of carbonyl (C=O) groups is 1. The zero-order valence-corrected chi connectivity index (χ0v) is 11.4. The lowest BCUT2D eigenvalue weighted by Crippen LogP contribution is -2.38. The fourth-order valence-electron chi connectivity index (χ4n) is 2.15. The molecule has 0 unspecified atom stereocenters. The van der Waals surface area contributed by atoms with E-state index in [0.717, 1.165) is 19.3 Å². The lowest BCUT2D eigenvalue weighted by Gasteiger charge is -2.30. The summed E-state index contributed by atoms with van der Waals surface area (Å²) in [7, 11) is -3.04. The van der Waals surface area contributed by atoms with Crippen molar-refractivity contribution in [1.82, 2.24) is 9.62 Å². The molecule has 1 saturated heterocycles. The lowest BCUT2D eigenvalue weighted by atomic mass is 9.93. The van der Waals surface area contributed by atoms with Crippen LogP contribution in [0.1, 0.15) is 32.6 Å². The van der Waals surface area contributed by atoms with Gasteiger partial charge in [0.1, 0.15) is 0 Å². The molecule has 1 heterocycles. The Kier molecular flexibility index (Phi) is 5.39. The minimum Gasteiger partial charge on any atom is -0.356 e. The molecule has 17 heavy (non-hydrogen) atoms. The van der Waals surface area contributed by atoms with Crippen molar-refractivity contribution < 1.29 is 13.2 Å². The van der Waals surface area contributed by atoms with Gasteiger partial charge in [-0.15, -0.1) is 0 Å². The summed E-state index contributed by atoms with van der Waals surface area (Å²) in [6.45, 7) is 3.77. The number of nitrogens with zero attached hydrogens (tertiary/aromatic N) is 1.